The van der Waals surface area contributed by atoms with Gasteiger partial charge in [-0.1, -0.05) is 6.07 Å². The molecule has 0 aliphatic carbocycles. The van der Waals surface area contributed by atoms with Crippen LogP contribution in [-0.2, 0) is 20.8 Å². The van der Waals surface area contributed by atoms with Crippen LogP contribution in [0.2, 0.25) is 0 Å². The molecule has 3 heterocycles. The Hall–Kier alpha value is -4.25. The van der Waals surface area contributed by atoms with Crippen LogP contribution in [0, 0.1) is 11.8 Å². The Morgan fingerprint density at radius 2 is 1.62 bits per heavy atom. The van der Waals surface area contributed by atoms with Crippen molar-refractivity contribution in [2.24, 2.45) is 11.8 Å². The van der Waals surface area contributed by atoms with Gasteiger partial charge in [-0.3, -0.25) is 14.6 Å². The Labute approximate surface area is 275 Å². The lowest BCUT2D eigenvalue weighted by atomic mass is 9.81. The van der Waals surface area contributed by atoms with Crippen molar-refractivity contribution < 1.29 is 65.6 Å². The van der Waals surface area contributed by atoms with Gasteiger partial charge in [-0.25, -0.2) is 9.59 Å². The van der Waals surface area contributed by atoms with Crippen LogP contribution in [0.3, 0.4) is 0 Å². The number of halogens is 6. The summed E-state index contributed by atoms with van der Waals surface area (Å²) in [5, 5.41) is 27.1. The van der Waals surface area contributed by atoms with Crippen LogP contribution in [0.15, 0.2) is 48.0 Å². The number of thiophene rings is 1. The summed E-state index contributed by atoms with van der Waals surface area (Å²) >= 11 is 1.48. The molecule has 1 aliphatic rings. The van der Waals surface area contributed by atoms with Gasteiger partial charge in [-0.05, 0) is 92.4 Å². The molecule has 0 radical (unpaired) electrons. The SMILES string of the molecule is COc1ccc2nccc(CCC[C@@H]3CCN(CCCC(=O)c4cccs4)C[C@@H]3C(=O)O)c2c1.O=C(O)C(F)(F)F.O=C(O)C(F)(F)F. The highest BCUT2D eigenvalue weighted by molar-refractivity contribution is 7.12. The standard InChI is InChI=1S/C27H32N2O4S.2C2HF3O2/c1-33-21-9-10-24-22(17-21)19(11-13-28-24)5-2-6-20-12-15-29(18-23(20)27(31)32)14-3-7-25(30)26-8-4-16-34-26;2*3-2(4,5)1(6)7/h4,8-11,13,16-17,20,23H,2-3,5-7,12,14-15,18H2,1H3,(H,31,32);2*(H,6,7)/t20-,23+;;/m1../s1. The second-order valence-electron chi connectivity index (χ2n) is 10.6. The van der Waals surface area contributed by atoms with E-state index in [1.54, 1.807) is 7.11 Å². The number of benzene rings is 1. The third-order valence-corrected chi connectivity index (χ3v) is 8.29. The average molecular weight is 709 g/mol. The zero-order valence-corrected chi connectivity index (χ0v) is 26.4. The van der Waals surface area contributed by atoms with E-state index in [1.165, 1.54) is 16.9 Å². The van der Waals surface area contributed by atoms with Crippen molar-refractivity contribution in [1.29, 1.82) is 0 Å². The molecule has 0 bridgehead atoms. The Bertz CT molecular complexity index is 1490. The second kappa shape index (κ2) is 18.3. The van der Waals surface area contributed by atoms with Gasteiger partial charge >= 0.3 is 30.3 Å². The summed E-state index contributed by atoms with van der Waals surface area (Å²) in [6, 6.07) is 11.7. The zero-order valence-electron chi connectivity index (χ0n) is 25.6. The summed E-state index contributed by atoms with van der Waals surface area (Å²) in [5.74, 6) is -5.39. The smallest absolute Gasteiger partial charge is 0.490 e. The number of hydrogen-bond donors (Lipinski definition) is 3. The van der Waals surface area contributed by atoms with Crippen molar-refractivity contribution in [2.45, 2.75) is 50.9 Å². The number of piperidine rings is 1. The lowest BCUT2D eigenvalue weighted by molar-refractivity contribution is -0.193. The monoisotopic (exact) mass is 708 g/mol. The number of aromatic nitrogens is 1. The quantitative estimate of drug-likeness (QED) is 0.147. The average Bonchev–Trinajstić information content (AvgIpc) is 3.56. The molecule has 2 aromatic heterocycles. The first-order valence-corrected chi connectivity index (χ1v) is 15.4. The van der Waals surface area contributed by atoms with Crippen molar-refractivity contribution in [3.8, 4) is 5.75 Å². The molecule has 1 aliphatic heterocycles. The first kappa shape index (κ1) is 39.9. The normalized spacial score (nSPS) is 16.6. The molecule has 3 N–H and O–H groups in total. The zero-order chi connectivity index (χ0) is 36.1. The van der Waals surface area contributed by atoms with E-state index in [2.05, 4.69) is 16.0 Å². The highest BCUT2D eigenvalue weighted by atomic mass is 32.1. The number of hydrogen-bond acceptors (Lipinski definition) is 8. The Morgan fingerprint density at radius 1 is 0.979 bits per heavy atom. The molecule has 1 fully saturated rings. The van der Waals surface area contributed by atoms with Crippen LogP contribution in [-0.4, -0.2) is 88.0 Å². The van der Waals surface area contributed by atoms with E-state index in [-0.39, 0.29) is 17.6 Å². The maximum atomic E-state index is 12.2. The molecule has 48 heavy (non-hydrogen) atoms. The second-order valence-corrected chi connectivity index (χ2v) is 11.6. The number of alkyl halides is 6. The number of rotatable bonds is 11. The molecular weight excluding hydrogens is 674 g/mol. The number of ketones is 1. The summed E-state index contributed by atoms with van der Waals surface area (Å²) in [7, 11) is 1.66. The summed E-state index contributed by atoms with van der Waals surface area (Å²) in [4.78, 5) is 49.5. The highest BCUT2D eigenvalue weighted by Crippen LogP contribution is 2.30. The lowest BCUT2D eigenvalue weighted by Crippen LogP contribution is -2.44. The van der Waals surface area contributed by atoms with Gasteiger partial charge in [0, 0.05) is 24.5 Å². The fraction of sp³-hybridized carbons (Fsp3) is 0.452. The molecule has 2 atom stereocenters. The number of carboxylic acid groups (broad SMARTS) is 3. The lowest BCUT2D eigenvalue weighted by Gasteiger charge is -2.36. The minimum Gasteiger partial charge on any atom is -0.497 e. The van der Waals surface area contributed by atoms with Crippen molar-refractivity contribution in [3.63, 3.8) is 0 Å². The van der Waals surface area contributed by atoms with E-state index >= 15 is 0 Å². The topological polar surface area (TPSA) is 154 Å². The number of aliphatic carboxylic acids is 3. The van der Waals surface area contributed by atoms with Crippen LogP contribution in [0.5, 0.6) is 5.75 Å². The molecule has 0 unspecified atom stereocenters. The van der Waals surface area contributed by atoms with Gasteiger partial charge in [0.2, 0.25) is 0 Å². The Balaban J connectivity index is 0.000000479. The number of Topliss-reactive ketones (excluding diaryl/α,β-unsaturated/α-hetero) is 1. The van der Waals surface area contributed by atoms with E-state index in [0.29, 0.717) is 13.0 Å². The van der Waals surface area contributed by atoms with Crippen LogP contribution in [0.25, 0.3) is 10.9 Å². The molecule has 3 aromatic rings. The first-order valence-electron chi connectivity index (χ1n) is 14.5. The molecule has 0 saturated carbocycles. The number of ether oxygens (including phenoxy) is 1. The number of carbonyl (C=O) groups is 4. The number of aryl methyl sites for hydroxylation is 1. The number of pyridine rings is 1. The predicted molar refractivity (Wildman–Crippen MR) is 162 cm³/mol. The van der Waals surface area contributed by atoms with Crippen LogP contribution in [0.1, 0.15) is 47.3 Å². The number of carboxylic acids is 3. The molecule has 17 heteroatoms. The third kappa shape index (κ3) is 13.1. The number of methoxy groups -OCH3 is 1. The molecule has 10 nitrogen and oxygen atoms in total. The Kier molecular flexibility index (Phi) is 15.3. The van der Waals surface area contributed by atoms with Gasteiger partial charge < -0.3 is 25.0 Å². The summed E-state index contributed by atoms with van der Waals surface area (Å²) in [5.41, 5.74) is 2.18. The minimum absolute atomic E-state index is 0.181. The fourth-order valence-electron chi connectivity index (χ4n) is 5.00. The van der Waals surface area contributed by atoms with Crippen LogP contribution in [0.4, 0.5) is 26.3 Å². The number of fused-ring (bicyclic) bond motifs is 1. The molecule has 264 valence electrons. The number of carbonyl (C=O) groups excluding carboxylic acids is 1. The summed E-state index contributed by atoms with van der Waals surface area (Å²) in [6.07, 6.45) is -3.42. The molecule has 0 spiro atoms. The van der Waals surface area contributed by atoms with Crippen LogP contribution < -0.4 is 4.74 Å². The highest BCUT2D eigenvalue weighted by Gasteiger charge is 2.39. The van der Waals surface area contributed by atoms with E-state index in [9.17, 15) is 41.0 Å². The third-order valence-electron chi connectivity index (χ3n) is 7.38. The summed E-state index contributed by atoms with van der Waals surface area (Å²) in [6.45, 7) is 2.25. The fourth-order valence-corrected chi connectivity index (χ4v) is 5.70. The van der Waals surface area contributed by atoms with Gasteiger partial charge in [-0.15, -0.1) is 11.3 Å². The molecule has 1 saturated heterocycles. The van der Waals surface area contributed by atoms with Gasteiger partial charge in [0.05, 0.1) is 23.4 Å². The largest absolute Gasteiger partial charge is 0.497 e. The van der Waals surface area contributed by atoms with Gasteiger partial charge in [-0.2, -0.15) is 26.3 Å². The van der Waals surface area contributed by atoms with Crippen LogP contribution >= 0.6 is 11.3 Å². The predicted octanol–water partition coefficient (Wildman–Crippen LogP) is 6.58. The van der Waals surface area contributed by atoms with E-state index in [4.69, 9.17) is 24.5 Å². The maximum absolute atomic E-state index is 12.2. The number of likely N-dealkylation sites (tertiary alicyclic amines) is 1. The van der Waals surface area contributed by atoms with Crippen molar-refractivity contribution >= 4 is 45.9 Å². The molecule has 4 rings (SSSR count). The van der Waals surface area contributed by atoms with Gasteiger partial charge in [0.1, 0.15) is 5.75 Å². The van der Waals surface area contributed by atoms with Crippen molar-refractivity contribution in [3.05, 3.63) is 58.4 Å². The van der Waals surface area contributed by atoms with Crippen molar-refractivity contribution in [1.82, 2.24) is 9.88 Å². The summed E-state index contributed by atoms with van der Waals surface area (Å²) < 4.78 is 68.8. The molecule has 1 aromatic carbocycles. The van der Waals surface area contributed by atoms with E-state index in [0.717, 1.165) is 66.7 Å². The first-order chi connectivity index (χ1) is 22.4. The molecular formula is C31H34F6N2O8S. The molecule has 0 amide bonds. The van der Waals surface area contributed by atoms with E-state index in [1.807, 2.05) is 41.9 Å². The van der Waals surface area contributed by atoms with Gasteiger partial charge in [0.25, 0.3) is 0 Å². The number of nitrogens with zero attached hydrogens (tertiary/aromatic N) is 2. The van der Waals surface area contributed by atoms with Crippen molar-refractivity contribution in [2.75, 3.05) is 26.7 Å². The Morgan fingerprint density at radius 3 is 2.17 bits per heavy atom. The maximum Gasteiger partial charge on any atom is 0.490 e. The van der Waals surface area contributed by atoms with E-state index < -0.39 is 30.3 Å². The minimum atomic E-state index is -5.08. The van der Waals surface area contributed by atoms with Gasteiger partial charge in [0.15, 0.2) is 5.78 Å².